The van der Waals surface area contributed by atoms with Gasteiger partial charge in [0.2, 0.25) is 11.8 Å². The van der Waals surface area contributed by atoms with Crippen molar-refractivity contribution in [3.63, 3.8) is 0 Å². The molecule has 0 aromatic rings. The van der Waals surface area contributed by atoms with Crippen molar-refractivity contribution in [2.75, 3.05) is 66.3 Å². The van der Waals surface area contributed by atoms with Gasteiger partial charge in [-0.05, 0) is 32.9 Å². The normalized spacial score (nSPS) is 11.3. The molecule has 0 aliphatic carbocycles. The second-order valence-corrected chi connectivity index (χ2v) is 7.70. The third-order valence-corrected chi connectivity index (χ3v) is 4.31. The Morgan fingerprint density at radius 3 is 1.70 bits per heavy atom. The summed E-state index contributed by atoms with van der Waals surface area (Å²) >= 11 is 0. The van der Waals surface area contributed by atoms with Crippen LogP contribution in [0.3, 0.4) is 0 Å². The minimum Gasteiger partial charge on any atom is -0.381 e. The van der Waals surface area contributed by atoms with Gasteiger partial charge in [-0.15, -0.1) is 0 Å². The summed E-state index contributed by atoms with van der Waals surface area (Å²) in [5, 5.41) is 8.67. The smallest absolute Gasteiger partial charge is 0.222 e. The van der Waals surface area contributed by atoms with Crippen LogP contribution >= 0.6 is 0 Å². The van der Waals surface area contributed by atoms with Gasteiger partial charge in [0, 0.05) is 38.3 Å². The maximum Gasteiger partial charge on any atom is 0.222 e. The van der Waals surface area contributed by atoms with Crippen LogP contribution in [0.5, 0.6) is 0 Å². The molecule has 0 aromatic carbocycles. The van der Waals surface area contributed by atoms with Crippen LogP contribution in [-0.2, 0) is 28.6 Å². The van der Waals surface area contributed by atoms with E-state index in [0.717, 1.165) is 32.1 Å². The van der Waals surface area contributed by atoms with E-state index in [4.69, 9.17) is 14.2 Å². The van der Waals surface area contributed by atoms with Gasteiger partial charge in [0.05, 0.1) is 39.6 Å². The molecule has 0 aromatic heterocycles. The van der Waals surface area contributed by atoms with E-state index in [1.165, 1.54) is 6.42 Å². The number of carbonyl (C=O) groups excluding carboxylic acids is 3. The fraction of sp³-hybridized carbons (Fsp3) is 0.875. The Kier molecular flexibility index (Phi) is 29.0. The zero-order valence-corrected chi connectivity index (χ0v) is 21.4. The summed E-state index contributed by atoms with van der Waals surface area (Å²) in [7, 11) is 1.96. The van der Waals surface area contributed by atoms with Gasteiger partial charge >= 0.3 is 0 Å². The van der Waals surface area contributed by atoms with Crippen molar-refractivity contribution in [1.82, 2.24) is 16.0 Å². The Morgan fingerprint density at radius 2 is 1.27 bits per heavy atom. The van der Waals surface area contributed by atoms with E-state index in [1.807, 2.05) is 14.0 Å². The van der Waals surface area contributed by atoms with Gasteiger partial charge in [-0.25, -0.2) is 0 Å². The SMILES string of the molecule is CCCCNC(=O)CCOCC(COCCC=O)COCCC(=O)NCCC.CCCNC. The number of nitrogens with one attached hydrogen (secondary N) is 3. The molecule has 3 N–H and O–H groups in total. The van der Waals surface area contributed by atoms with Gasteiger partial charge < -0.3 is 35.0 Å². The summed E-state index contributed by atoms with van der Waals surface area (Å²) in [6, 6.07) is 0. The first-order valence-corrected chi connectivity index (χ1v) is 12.4. The van der Waals surface area contributed by atoms with Crippen LogP contribution in [0.4, 0.5) is 0 Å². The molecule has 0 heterocycles. The van der Waals surface area contributed by atoms with Crippen molar-refractivity contribution < 1.29 is 28.6 Å². The largest absolute Gasteiger partial charge is 0.381 e. The third kappa shape index (κ3) is 28.4. The lowest BCUT2D eigenvalue weighted by atomic mass is 10.2. The number of ether oxygens (including phenoxy) is 3. The number of hydrogen-bond donors (Lipinski definition) is 3. The molecule has 1 unspecified atom stereocenters. The molecule has 9 heteroatoms. The fourth-order valence-electron chi connectivity index (χ4n) is 2.45. The second kappa shape index (κ2) is 28.5. The van der Waals surface area contributed by atoms with E-state index in [-0.39, 0.29) is 17.7 Å². The Morgan fingerprint density at radius 1 is 0.758 bits per heavy atom. The number of unbranched alkanes of at least 4 members (excludes halogenated alkanes) is 1. The van der Waals surface area contributed by atoms with E-state index < -0.39 is 0 Å². The summed E-state index contributed by atoms with van der Waals surface area (Å²) < 4.78 is 16.6. The van der Waals surface area contributed by atoms with Crippen LogP contribution in [0.15, 0.2) is 0 Å². The van der Waals surface area contributed by atoms with Crippen molar-refractivity contribution >= 4 is 18.1 Å². The first kappa shape index (κ1) is 33.6. The molecule has 0 bridgehead atoms. The summed E-state index contributed by atoms with van der Waals surface area (Å²) in [5.74, 6) is -0.0546. The van der Waals surface area contributed by atoms with Gasteiger partial charge in [0.1, 0.15) is 6.29 Å². The quantitative estimate of drug-likeness (QED) is 0.162. The van der Waals surface area contributed by atoms with Crippen LogP contribution < -0.4 is 16.0 Å². The fourth-order valence-corrected chi connectivity index (χ4v) is 2.45. The van der Waals surface area contributed by atoms with Crippen molar-refractivity contribution in [2.24, 2.45) is 5.92 Å². The minimum absolute atomic E-state index is 0.0124. The highest BCUT2D eigenvalue weighted by molar-refractivity contribution is 5.76. The molecule has 0 saturated carbocycles. The lowest BCUT2D eigenvalue weighted by molar-refractivity contribution is -0.122. The summed E-state index contributed by atoms with van der Waals surface area (Å²) in [5.41, 5.74) is 0. The Hall–Kier alpha value is -1.55. The van der Waals surface area contributed by atoms with Crippen LogP contribution in [0.1, 0.15) is 65.7 Å². The van der Waals surface area contributed by atoms with Crippen molar-refractivity contribution in [2.45, 2.75) is 65.7 Å². The molecule has 0 saturated heterocycles. The van der Waals surface area contributed by atoms with Crippen LogP contribution in [-0.4, -0.2) is 84.4 Å². The lowest BCUT2D eigenvalue weighted by Crippen LogP contribution is -2.28. The number of hydrogen-bond acceptors (Lipinski definition) is 7. The van der Waals surface area contributed by atoms with E-state index in [0.29, 0.717) is 72.0 Å². The van der Waals surface area contributed by atoms with Gasteiger partial charge in [0.15, 0.2) is 0 Å². The van der Waals surface area contributed by atoms with Crippen molar-refractivity contribution in [1.29, 1.82) is 0 Å². The molecular formula is C24H49N3O6. The zero-order valence-electron chi connectivity index (χ0n) is 21.4. The topological polar surface area (TPSA) is 115 Å². The highest BCUT2D eigenvalue weighted by Crippen LogP contribution is 2.02. The molecular weight excluding hydrogens is 426 g/mol. The molecule has 0 aliphatic rings. The van der Waals surface area contributed by atoms with Gasteiger partial charge in [0.25, 0.3) is 0 Å². The monoisotopic (exact) mass is 475 g/mol. The molecule has 33 heavy (non-hydrogen) atoms. The molecule has 9 nitrogen and oxygen atoms in total. The van der Waals surface area contributed by atoms with Gasteiger partial charge in [-0.1, -0.05) is 27.2 Å². The summed E-state index contributed by atoms with van der Waals surface area (Å²) in [4.78, 5) is 33.6. The molecule has 0 spiro atoms. The summed E-state index contributed by atoms with van der Waals surface area (Å²) in [6.45, 7) is 11.0. The minimum atomic E-state index is -0.0223. The van der Waals surface area contributed by atoms with Gasteiger partial charge in [-0.3, -0.25) is 9.59 Å². The highest BCUT2D eigenvalue weighted by atomic mass is 16.5. The molecule has 196 valence electrons. The third-order valence-electron chi connectivity index (χ3n) is 4.31. The van der Waals surface area contributed by atoms with Crippen molar-refractivity contribution in [3.8, 4) is 0 Å². The maximum atomic E-state index is 11.6. The van der Waals surface area contributed by atoms with E-state index in [9.17, 15) is 14.4 Å². The number of aldehydes is 1. The molecule has 0 radical (unpaired) electrons. The van der Waals surface area contributed by atoms with Crippen LogP contribution in [0.2, 0.25) is 0 Å². The predicted octanol–water partition coefficient (Wildman–Crippen LogP) is 2.08. The highest BCUT2D eigenvalue weighted by Gasteiger charge is 2.11. The van der Waals surface area contributed by atoms with Gasteiger partial charge in [-0.2, -0.15) is 0 Å². The standard InChI is InChI=1S/C20H38N2O6.C4H11N/c1-3-5-10-22-20(25)8-14-28-17-18(15-26-12-6-11-23)16-27-13-7-19(24)21-9-4-2;1-3-4-5-2/h11,18H,3-10,12-17H2,1-2H3,(H,21,24)(H,22,25);5H,3-4H2,1-2H3. The summed E-state index contributed by atoms with van der Waals surface area (Å²) in [6.07, 6.45) is 5.96. The first-order valence-electron chi connectivity index (χ1n) is 12.4. The predicted molar refractivity (Wildman–Crippen MR) is 131 cm³/mol. The molecule has 0 rings (SSSR count). The van der Waals surface area contributed by atoms with E-state index >= 15 is 0 Å². The first-order chi connectivity index (χ1) is 16.0. The number of rotatable bonds is 22. The van der Waals surface area contributed by atoms with Crippen LogP contribution in [0.25, 0.3) is 0 Å². The van der Waals surface area contributed by atoms with Crippen LogP contribution in [0, 0.1) is 5.92 Å². The second-order valence-electron chi connectivity index (χ2n) is 7.70. The number of carbonyl (C=O) groups is 3. The number of amides is 2. The molecule has 0 fully saturated rings. The zero-order chi connectivity index (χ0) is 25.0. The van der Waals surface area contributed by atoms with E-state index in [1.54, 1.807) is 0 Å². The average molecular weight is 476 g/mol. The Bertz CT molecular complexity index is 450. The molecule has 1 atom stereocenters. The Balaban J connectivity index is 0. The maximum absolute atomic E-state index is 11.6. The molecule has 2 amide bonds. The van der Waals surface area contributed by atoms with Crippen molar-refractivity contribution in [3.05, 3.63) is 0 Å². The van der Waals surface area contributed by atoms with E-state index in [2.05, 4.69) is 29.8 Å². The lowest BCUT2D eigenvalue weighted by Gasteiger charge is -2.17. The molecule has 0 aliphatic heterocycles. The average Bonchev–Trinajstić information content (AvgIpc) is 2.81. The Labute approximate surface area is 201 Å².